The Morgan fingerprint density at radius 2 is 0.800 bits per heavy atom. The van der Waals surface area contributed by atoms with Crippen molar-refractivity contribution in [2.75, 3.05) is 24.7 Å². The minimum atomic E-state index is -0.843. The molecule has 0 aromatic carbocycles. The number of rotatable bonds is 28. The summed E-state index contributed by atoms with van der Waals surface area (Å²) in [4.78, 5) is 0. The lowest BCUT2D eigenvalue weighted by Gasteiger charge is -2.27. The van der Waals surface area contributed by atoms with Crippen LogP contribution in [0.5, 0.6) is 0 Å². The van der Waals surface area contributed by atoms with Gasteiger partial charge in [-0.05, 0) is 22.7 Å². The molecule has 0 aliphatic heterocycles. The number of unbranched alkanes of at least 4 members (excludes halogenated alkanes) is 6. The summed E-state index contributed by atoms with van der Waals surface area (Å²) in [6, 6.07) is 5.89. The zero-order valence-corrected chi connectivity index (χ0v) is 29.3. The summed E-state index contributed by atoms with van der Waals surface area (Å²) in [7, 11) is 4.51. The summed E-state index contributed by atoms with van der Waals surface area (Å²) in [6.45, 7) is 15.9. The Labute approximate surface area is 236 Å². The summed E-state index contributed by atoms with van der Waals surface area (Å²) in [5.41, 5.74) is 1.12. The topological polar surface area (TPSA) is 18.5 Å². The Bertz CT molecular complexity index is 370. The van der Waals surface area contributed by atoms with E-state index in [9.17, 15) is 0 Å². The van der Waals surface area contributed by atoms with Crippen LogP contribution in [0.1, 0.15) is 119 Å². The first kappa shape index (κ1) is 36.4. The minimum Gasteiger partial charge on any atom is -0.381 e. The second-order valence-electron chi connectivity index (χ2n) is 10.3. The van der Waals surface area contributed by atoms with Gasteiger partial charge in [0.2, 0.25) is 0 Å². The Balaban J connectivity index is 4.83. The van der Waals surface area contributed by atoms with Gasteiger partial charge in [-0.2, -0.15) is 0 Å². The number of hydrogen-bond donors (Lipinski definition) is 0. The molecule has 0 bridgehead atoms. The maximum atomic E-state index is 6.56. The summed E-state index contributed by atoms with van der Waals surface area (Å²) in [5.74, 6) is 2.39. The Morgan fingerprint density at radius 1 is 0.486 bits per heavy atom. The fraction of sp³-hybridized carbons (Fsp3) is 1.00. The fourth-order valence-electron chi connectivity index (χ4n) is 4.52. The molecule has 0 heterocycles. The van der Waals surface area contributed by atoms with Gasteiger partial charge in [0.25, 0.3) is 0 Å². The van der Waals surface area contributed by atoms with Crippen LogP contribution in [0.4, 0.5) is 0 Å². The van der Waals surface area contributed by atoms with Crippen molar-refractivity contribution in [3.05, 3.63) is 0 Å². The molecule has 35 heavy (non-hydrogen) atoms. The van der Waals surface area contributed by atoms with Crippen molar-refractivity contribution in [3.8, 4) is 0 Å². The maximum Gasteiger partial charge on any atom is 0.0728 e. The highest BCUT2D eigenvalue weighted by molar-refractivity contribution is 9.09. The van der Waals surface area contributed by atoms with Crippen molar-refractivity contribution in [2.24, 2.45) is 0 Å². The van der Waals surface area contributed by atoms with Crippen molar-refractivity contribution in [1.29, 1.82) is 0 Å². The van der Waals surface area contributed by atoms with Gasteiger partial charge in [0.15, 0.2) is 0 Å². The van der Waals surface area contributed by atoms with Gasteiger partial charge in [-0.25, -0.2) is 0 Å². The van der Waals surface area contributed by atoms with Crippen molar-refractivity contribution in [2.45, 2.75) is 154 Å². The van der Waals surface area contributed by atoms with Crippen LogP contribution >= 0.6 is 31.4 Å². The quantitative estimate of drug-likeness (QED) is 0.0517. The van der Waals surface area contributed by atoms with Gasteiger partial charge in [-0.1, -0.05) is 152 Å². The van der Waals surface area contributed by atoms with Gasteiger partial charge in [-0.15, -0.1) is 0 Å². The molecule has 2 unspecified atom stereocenters. The summed E-state index contributed by atoms with van der Waals surface area (Å²) >= 11 is 0. The van der Waals surface area contributed by atoms with Gasteiger partial charge in [-0.3, -0.25) is 0 Å². The first-order valence-corrected chi connectivity index (χ1v) is 23.7. The Hall–Kier alpha value is 1.40. The molecule has 0 aromatic rings. The lowest BCUT2D eigenvalue weighted by molar-refractivity contribution is 0.113. The van der Waals surface area contributed by atoms with E-state index < -0.39 is 17.6 Å². The molecule has 0 saturated heterocycles. The van der Waals surface area contributed by atoms with E-state index in [0.717, 1.165) is 13.2 Å². The predicted octanol–water partition coefficient (Wildman–Crippen LogP) is 10.1. The average Bonchev–Trinajstić information content (AvgIpc) is 2.87. The second kappa shape index (κ2) is 28.4. The lowest BCUT2D eigenvalue weighted by atomic mass is 10.4. The van der Waals surface area contributed by atoms with Crippen LogP contribution < -0.4 is 0 Å². The molecule has 0 radical (unpaired) electrons. The molecule has 0 aliphatic carbocycles. The van der Waals surface area contributed by atoms with Gasteiger partial charge in [0, 0.05) is 24.7 Å². The first-order valence-electron chi connectivity index (χ1n) is 15.3. The highest BCUT2D eigenvalue weighted by Crippen LogP contribution is 2.37. The molecule has 0 fully saturated rings. The van der Waals surface area contributed by atoms with E-state index in [2.05, 4.69) is 63.1 Å². The third-order valence-corrected chi connectivity index (χ3v) is 19.5. The molecule has 212 valence electrons. The zero-order valence-electron chi connectivity index (χ0n) is 24.5. The van der Waals surface area contributed by atoms with Crippen LogP contribution in [0.25, 0.3) is 0 Å². The van der Waals surface area contributed by atoms with E-state index in [4.69, 9.17) is 9.47 Å². The van der Waals surface area contributed by atoms with E-state index in [0.29, 0.717) is 11.5 Å². The molecule has 2 atom stereocenters. The van der Waals surface area contributed by atoms with E-state index >= 15 is 0 Å². The van der Waals surface area contributed by atoms with Crippen LogP contribution in [0.15, 0.2) is 0 Å². The molecule has 0 amide bonds. The standard InChI is InChI=1S/C28H62O2S3Si2/c1-7-13-19-29-27(34(21-15-9-3)22-16-10-4)25-31-33-32-26-28(30-20-14-8-2)35(23-17-11-5)24-18-12-6/h27-28,34-35H,7-26H2,1-6H3. The second-order valence-corrected chi connectivity index (χ2v) is 21.4. The van der Waals surface area contributed by atoms with Gasteiger partial charge in [0.05, 0.1) is 29.0 Å². The van der Waals surface area contributed by atoms with Crippen LogP contribution in [-0.2, 0) is 9.47 Å². The highest BCUT2D eigenvalue weighted by atomic mass is 33.5. The third-order valence-electron chi connectivity index (χ3n) is 6.99. The molecule has 0 rings (SSSR count). The molecular weight excluding hydrogens is 521 g/mol. The summed E-state index contributed by atoms with van der Waals surface area (Å²) < 4.78 is 13.1. The Kier molecular flexibility index (Phi) is 29.6. The van der Waals surface area contributed by atoms with Crippen LogP contribution in [0.2, 0.25) is 24.2 Å². The van der Waals surface area contributed by atoms with Crippen LogP contribution in [0, 0.1) is 0 Å². The monoisotopic (exact) mass is 582 g/mol. The van der Waals surface area contributed by atoms with E-state index in [-0.39, 0.29) is 0 Å². The highest BCUT2D eigenvalue weighted by Gasteiger charge is 2.25. The SMILES string of the molecule is CCCCOC(CSSSCC(OCCCC)[SiH](CCCC)CCCC)[SiH](CCCC)CCCC. The Morgan fingerprint density at radius 3 is 1.09 bits per heavy atom. The smallest absolute Gasteiger partial charge is 0.0728 e. The van der Waals surface area contributed by atoms with E-state index in [1.54, 1.807) is 0 Å². The van der Waals surface area contributed by atoms with Gasteiger partial charge in [0.1, 0.15) is 0 Å². The normalized spacial score (nSPS) is 13.7. The molecular formula is C28H62O2S3Si2. The zero-order chi connectivity index (χ0) is 26.0. The number of hydrogen-bond acceptors (Lipinski definition) is 5. The molecule has 7 heteroatoms. The molecule has 0 aliphatic rings. The number of ether oxygens (including phenoxy) is 2. The lowest BCUT2D eigenvalue weighted by Crippen LogP contribution is -2.36. The molecule has 2 nitrogen and oxygen atoms in total. The predicted molar refractivity (Wildman–Crippen MR) is 175 cm³/mol. The molecule has 0 saturated carbocycles. The molecule has 0 aromatic heterocycles. The maximum absolute atomic E-state index is 6.56. The minimum absolute atomic E-state index is 0.561. The van der Waals surface area contributed by atoms with Crippen LogP contribution in [-0.4, -0.2) is 53.8 Å². The van der Waals surface area contributed by atoms with Crippen molar-refractivity contribution < 1.29 is 9.47 Å². The van der Waals surface area contributed by atoms with Crippen molar-refractivity contribution >= 4 is 49.0 Å². The third kappa shape index (κ3) is 21.0. The molecule has 0 spiro atoms. The largest absolute Gasteiger partial charge is 0.381 e. The fourth-order valence-corrected chi connectivity index (χ4v) is 18.3. The average molecular weight is 583 g/mol. The van der Waals surface area contributed by atoms with E-state index in [1.165, 1.54) is 113 Å². The van der Waals surface area contributed by atoms with E-state index in [1.807, 2.05) is 9.83 Å². The van der Waals surface area contributed by atoms with Gasteiger partial charge >= 0.3 is 0 Å². The molecule has 0 N–H and O–H groups in total. The summed E-state index contributed by atoms with van der Waals surface area (Å²) in [5, 5.41) is 0. The van der Waals surface area contributed by atoms with Crippen molar-refractivity contribution in [3.63, 3.8) is 0 Å². The summed E-state index contributed by atoms with van der Waals surface area (Å²) in [6.07, 6.45) is 15.8. The first-order chi connectivity index (χ1) is 17.2. The van der Waals surface area contributed by atoms with Gasteiger partial charge < -0.3 is 9.47 Å². The van der Waals surface area contributed by atoms with Crippen LogP contribution in [0.3, 0.4) is 0 Å². The van der Waals surface area contributed by atoms with Crippen molar-refractivity contribution in [1.82, 2.24) is 0 Å².